The van der Waals surface area contributed by atoms with Crippen LogP contribution in [0.5, 0.6) is 5.75 Å². The van der Waals surface area contributed by atoms with E-state index < -0.39 is 6.04 Å². The number of anilines is 1. The van der Waals surface area contributed by atoms with Gasteiger partial charge in [-0.15, -0.1) is 0 Å². The smallest absolute Gasteiger partial charge is 0.226 e. The Hall–Kier alpha value is -2.53. The predicted octanol–water partition coefficient (Wildman–Crippen LogP) is 3.86. The lowest BCUT2D eigenvalue weighted by atomic mass is 10.0. The van der Waals surface area contributed by atoms with Crippen molar-refractivity contribution in [2.75, 3.05) is 12.4 Å². The Kier molecular flexibility index (Phi) is 6.42. The molecular formula is C19H21ClN2O3. The molecule has 132 valence electrons. The summed E-state index contributed by atoms with van der Waals surface area (Å²) in [4.78, 5) is 23.9. The van der Waals surface area contributed by atoms with Gasteiger partial charge in [0.15, 0.2) is 0 Å². The molecule has 0 heterocycles. The van der Waals surface area contributed by atoms with Crippen LogP contribution in [0.15, 0.2) is 42.5 Å². The minimum absolute atomic E-state index is 0.0934. The molecule has 0 bridgehead atoms. The highest BCUT2D eigenvalue weighted by molar-refractivity contribution is 6.33. The number of amides is 2. The Morgan fingerprint density at radius 1 is 1.16 bits per heavy atom. The monoisotopic (exact) mass is 360 g/mol. The summed E-state index contributed by atoms with van der Waals surface area (Å²) in [5, 5.41) is 6.07. The van der Waals surface area contributed by atoms with Crippen LogP contribution < -0.4 is 15.4 Å². The SMILES string of the molecule is COc1ccc(C(CC(=O)Nc2ccc(C)cc2Cl)NC(C)=O)cc1. The van der Waals surface area contributed by atoms with Gasteiger partial charge in [-0.05, 0) is 42.3 Å². The summed E-state index contributed by atoms with van der Waals surface area (Å²) < 4.78 is 5.13. The van der Waals surface area contributed by atoms with E-state index in [1.54, 1.807) is 31.4 Å². The number of ether oxygens (including phenoxy) is 1. The minimum atomic E-state index is -0.437. The van der Waals surface area contributed by atoms with Crippen LogP contribution in [0.1, 0.15) is 30.5 Å². The number of rotatable bonds is 6. The van der Waals surface area contributed by atoms with E-state index in [1.165, 1.54) is 6.92 Å². The van der Waals surface area contributed by atoms with Gasteiger partial charge in [-0.1, -0.05) is 29.8 Å². The maximum Gasteiger partial charge on any atom is 0.226 e. The molecule has 6 heteroatoms. The van der Waals surface area contributed by atoms with Crippen molar-refractivity contribution in [3.8, 4) is 5.75 Å². The first-order chi connectivity index (χ1) is 11.9. The van der Waals surface area contributed by atoms with Crippen LogP contribution in [-0.4, -0.2) is 18.9 Å². The molecule has 0 saturated heterocycles. The highest BCUT2D eigenvalue weighted by Gasteiger charge is 2.18. The molecule has 2 amide bonds. The van der Waals surface area contributed by atoms with E-state index in [0.717, 1.165) is 11.1 Å². The lowest BCUT2D eigenvalue weighted by molar-refractivity contribution is -0.120. The van der Waals surface area contributed by atoms with Crippen molar-refractivity contribution in [3.63, 3.8) is 0 Å². The standard InChI is InChI=1S/C19H21ClN2O3/c1-12-4-9-17(16(20)10-12)22-19(24)11-18(21-13(2)23)14-5-7-15(25-3)8-6-14/h4-10,18H,11H2,1-3H3,(H,21,23)(H,22,24). The minimum Gasteiger partial charge on any atom is -0.497 e. The third kappa shape index (κ3) is 5.50. The number of methoxy groups -OCH3 is 1. The summed E-state index contributed by atoms with van der Waals surface area (Å²) in [6.07, 6.45) is 0.0934. The maximum absolute atomic E-state index is 12.4. The molecule has 0 aromatic heterocycles. The summed E-state index contributed by atoms with van der Waals surface area (Å²) in [5.74, 6) is 0.267. The molecule has 2 rings (SSSR count). The molecule has 0 spiro atoms. The summed E-state index contributed by atoms with van der Waals surface area (Å²) in [6.45, 7) is 3.35. The maximum atomic E-state index is 12.4. The Labute approximate surface area is 152 Å². The Morgan fingerprint density at radius 2 is 1.84 bits per heavy atom. The van der Waals surface area contributed by atoms with Crippen molar-refractivity contribution in [2.24, 2.45) is 0 Å². The average Bonchev–Trinajstić information content (AvgIpc) is 2.56. The number of carbonyl (C=O) groups excluding carboxylic acids is 2. The second-order valence-corrected chi connectivity index (χ2v) is 6.17. The summed E-state index contributed by atoms with van der Waals surface area (Å²) in [6, 6.07) is 12.2. The number of hydrogen-bond donors (Lipinski definition) is 2. The molecule has 0 aliphatic rings. The molecule has 1 unspecified atom stereocenters. The number of halogens is 1. The number of hydrogen-bond acceptors (Lipinski definition) is 3. The van der Waals surface area contributed by atoms with E-state index >= 15 is 0 Å². The highest BCUT2D eigenvalue weighted by atomic mass is 35.5. The van der Waals surface area contributed by atoms with Crippen LogP contribution in [0.4, 0.5) is 5.69 Å². The zero-order valence-electron chi connectivity index (χ0n) is 14.4. The third-order valence-electron chi connectivity index (χ3n) is 3.68. The van der Waals surface area contributed by atoms with E-state index in [2.05, 4.69) is 10.6 Å². The zero-order chi connectivity index (χ0) is 18.4. The molecule has 0 radical (unpaired) electrons. The molecule has 0 aliphatic carbocycles. The van der Waals surface area contributed by atoms with Gasteiger partial charge < -0.3 is 15.4 Å². The summed E-state index contributed by atoms with van der Waals surface area (Å²) >= 11 is 6.15. The van der Waals surface area contributed by atoms with E-state index in [9.17, 15) is 9.59 Å². The van der Waals surface area contributed by atoms with Crippen LogP contribution in [0.2, 0.25) is 5.02 Å². The summed E-state index contributed by atoms with van der Waals surface area (Å²) in [7, 11) is 1.58. The highest BCUT2D eigenvalue weighted by Crippen LogP contribution is 2.25. The molecule has 2 aromatic rings. The molecular weight excluding hydrogens is 340 g/mol. The van der Waals surface area contributed by atoms with Gasteiger partial charge >= 0.3 is 0 Å². The first kappa shape index (κ1) is 18.8. The van der Waals surface area contributed by atoms with E-state index in [-0.39, 0.29) is 18.2 Å². The molecule has 0 fully saturated rings. The fourth-order valence-electron chi connectivity index (χ4n) is 2.44. The Balaban J connectivity index is 2.12. The van der Waals surface area contributed by atoms with Gasteiger partial charge in [-0.3, -0.25) is 9.59 Å². The van der Waals surface area contributed by atoms with Crippen molar-refractivity contribution in [2.45, 2.75) is 26.3 Å². The normalized spacial score (nSPS) is 11.5. The molecule has 0 aliphatic heterocycles. The number of benzene rings is 2. The van der Waals surface area contributed by atoms with Crippen LogP contribution in [-0.2, 0) is 9.59 Å². The van der Waals surface area contributed by atoms with E-state index in [4.69, 9.17) is 16.3 Å². The van der Waals surface area contributed by atoms with Gasteiger partial charge in [0.1, 0.15) is 5.75 Å². The van der Waals surface area contributed by atoms with E-state index in [1.807, 2.05) is 25.1 Å². The quantitative estimate of drug-likeness (QED) is 0.821. The molecule has 2 aromatic carbocycles. The number of aryl methyl sites for hydroxylation is 1. The molecule has 2 N–H and O–H groups in total. The van der Waals surface area contributed by atoms with Crippen LogP contribution >= 0.6 is 11.6 Å². The lowest BCUT2D eigenvalue weighted by Crippen LogP contribution is -2.29. The summed E-state index contributed by atoms with van der Waals surface area (Å²) in [5.41, 5.74) is 2.38. The van der Waals surface area contributed by atoms with Crippen LogP contribution in [0.3, 0.4) is 0 Å². The van der Waals surface area contributed by atoms with Gasteiger partial charge in [-0.2, -0.15) is 0 Å². The van der Waals surface area contributed by atoms with Crippen LogP contribution in [0.25, 0.3) is 0 Å². The molecule has 0 saturated carbocycles. The average molecular weight is 361 g/mol. The van der Waals surface area contributed by atoms with Crippen molar-refractivity contribution in [3.05, 3.63) is 58.6 Å². The van der Waals surface area contributed by atoms with Gasteiger partial charge in [0, 0.05) is 6.92 Å². The van der Waals surface area contributed by atoms with Crippen molar-refractivity contribution < 1.29 is 14.3 Å². The molecule has 1 atom stereocenters. The fourth-order valence-corrected chi connectivity index (χ4v) is 2.72. The number of nitrogens with one attached hydrogen (secondary N) is 2. The van der Waals surface area contributed by atoms with Gasteiger partial charge in [0.25, 0.3) is 0 Å². The second kappa shape index (κ2) is 8.53. The zero-order valence-corrected chi connectivity index (χ0v) is 15.2. The lowest BCUT2D eigenvalue weighted by Gasteiger charge is -2.19. The van der Waals surface area contributed by atoms with Crippen molar-refractivity contribution >= 4 is 29.1 Å². The second-order valence-electron chi connectivity index (χ2n) is 5.76. The van der Waals surface area contributed by atoms with Crippen molar-refractivity contribution in [1.29, 1.82) is 0 Å². The first-order valence-electron chi connectivity index (χ1n) is 7.86. The van der Waals surface area contributed by atoms with Crippen molar-refractivity contribution in [1.82, 2.24) is 5.32 Å². The van der Waals surface area contributed by atoms with Gasteiger partial charge in [0.2, 0.25) is 11.8 Å². The number of carbonyl (C=O) groups is 2. The van der Waals surface area contributed by atoms with Crippen LogP contribution in [0, 0.1) is 6.92 Å². The van der Waals surface area contributed by atoms with Gasteiger partial charge in [0.05, 0.1) is 30.3 Å². The third-order valence-corrected chi connectivity index (χ3v) is 4.00. The predicted molar refractivity (Wildman–Crippen MR) is 99.0 cm³/mol. The largest absolute Gasteiger partial charge is 0.497 e. The Morgan fingerprint density at radius 3 is 2.40 bits per heavy atom. The first-order valence-corrected chi connectivity index (χ1v) is 8.24. The molecule has 5 nitrogen and oxygen atoms in total. The molecule has 25 heavy (non-hydrogen) atoms. The van der Waals surface area contributed by atoms with Gasteiger partial charge in [-0.25, -0.2) is 0 Å². The Bertz CT molecular complexity index is 760. The fraction of sp³-hybridized carbons (Fsp3) is 0.263. The van der Waals surface area contributed by atoms with E-state index in [0.29, 0.717) is 16.5 Å². The topological polar surface area (TPSA) is 67.4 Å².